The molecule has 3 aromatic rings. The molecule has 41 heavy (non-hydrogen) atoms. The average Bonchev–Trinajstić information content (AvgIpc) is 2.92. The van der Waals surface area contributed by atoms with Crippen molar-refractivity contribution in [3.05, 3.63) is 89.2 Å². The summed E-state index contributed by atoms with van der Waals surface area (Å²) in [6, 6.07) is 17.1. The highest BCUT2D eigenvalue weighted by Gasteiger charge is 2.34. The number of nitrogens with one attached hydrogen (secondary N) is 1. The summed E-state index contributed by atoms with van der Waals surface area (Å²) in [5, 5.41) is 2.62. The lowest BCUT2D eigenvalue weighted by Crippen LogP contribution is -2.55. The van der Waals surface area contributed by atoms with E-state index in [1.54, 1.807) is 49.4 Å². The second kappa shape index (κ2) is 13.4. The molecule has 11 heteroatoms. The Bertz CT molecular complexity index is 1460. The molecule has 0 heterocycles. The maximum Gasteiger partial charge on any atom is 0.264 e. The van der Waals surface area contributed by atoms with E-state index in [-0.39, 0.29) is 34.5 Å². The van der Waals surface area contributed by atoms with Crippen molar-refractivity contribution in [1.29, 1.82) is 0 Å². The lowest BCUT2D eigenvalue weighted by atomic mass is 10.1. The van der Waals surface area contributed by atoms with Crippen LogP contribution in [0.15, 0.2) is 77.7 Å². The molecule has 2 amide bonds. The van der Waals surface area contributed by atoms with Gasteiger partial charge in [0.15, 0.2) is 0 Å². The minimum atomic E-state index is -4.29. The van der Waals surface area contributed by atoms with Crippen LogP contribution in [-0.2, 0) is 26.2 Å². The van der Waals surface area contributed by atoms with Crippen LogP contribution in [0.1, 0.15) is 39.7 Å². The van der Waals surface area contributed by atoms with Crippen LogP contribution in [0.2, 0.25) is 5.02 Å². The van der Waals surface area contributed by atoms with Crippen molar-refractivity contribution in [2.24, 2.45) is 0 Å². The summed E-state index contributed by atoms with van der Waals surface area (Å²) in [6.07, 6.45) is 0.275. The summed E-state index contributed by atoms with van der Waals surface area (Å²) in [7, 11) is -2.75. The number of hydrogen-bond donors (Lipinski definition) is 1. The number of nitrogens with zero attached hydrogens (tertiary/aromatic N) is 2. The Morgan fingerprint density at radius 3 is 2.20 bits per heavy atom. The van der Waals surface area contributed by atoms with Crippen LogP contribution < -0.4 is 14.4 Å². The first-order valence-corrected chi connectivity index (χ1v) is 14.9. The van der Waals surface area contributed by atoms with Crippen LogP contribution in [0.3, 0.4) is 0 Å². The molecule has 0 spiro atoms. The number of ether oxygens (including phenoxy) is 1. The molecule has 0 aromatic heterocycles. The summed E-state index contributed by atoms with van der Waals surface area (Å²) in [4.78, 5) is 28.7. The molecule has 0 saturated carbocycles. The third-order valence-corrected chi connectivity index (χ3v) is 8.28. The molecule has 0 bridgehead atoms. The lowest BCUT2D eigenvalue weighted by molar-refractivity contribution is -0.141. The zero-order valence-corrected chi connectivity index (χ0v) is 25.3. The number of carbonyl (C=O) groups is 2. The largest absolute Gasteiger partial charge is 0.497 e. The zero-order valence-electron chi connectivity index (χ0n) is 23.7. The van der Waals surface area contributed by atoms with E-state index in [1.807, 2.05) is 20.8 Å². The van der Waals surface area contributed by atoms with Crippen LogP contribution in [0.5, 0.6) is 5.75 Å². The summed E-state index contributed by atoms with van der Waals surface area (Å²) in [5.41, 5.74) is 0.154. The van der Waals surface area contributed by atoms with E-state index < -0.39 is 39.9 Å². The van der Waals surface area contributed by atoms with Gasteiger partial charge in [-0.25, -0.2) is 12.8 Å². The van der Waals surface area contributed by atoms with Gasteiger partial charge in [0.1, 0.15) is 24.2 Å². The van der Waals surface area contributed by atoms with E-state index in [9.17, 15) is 22.4 Å². The van der Waals surface area contributed by atoms with Crippen molar-refractivity contribution < 1.29 is 27.1 Å². The fourth-order valence-electron chi connectivity index (χ4n) is 4.19. The third kappa shape index (κ3) is 8.20. The lowest BCUT2D eigenvalue weighted by Gasteiger charge is -2.34. The smallest absolute Gasteiger partial charge is 0.264 e. The van der Waals surface area contributed by atoms with E-state index in [1.165, 1.54) is 30.2 Å². The molecule has 8 nitrogen and oxygen atoms in total. The van der Waals surface area contributed by atoms with Gasteiger partial charge >= 0.3 is 0 Å². The Hall–Kier alpha value is -3.63. The van der Waals surface area contributed by atoms with Gasteiger partial charge in [-0.05, 0) is 75.2 Å². The van der Waals surface area contributed by atoms with Gasteiger partial charge in [-0.3, -0.25) is 13.9 Å². The number of amides is 2. The number of sulfonamides is 1. The molecule has 3 aromatic carbocycles. The fraction of sp³-hybridized carbons (Fsp3) is 0.333. The summed E-state index contributed by atoms with van der Waals surface area (Å²) >= 11 is 6.01. The van der Waals surface area contributed by atoms with Crippen molar-refractivity contribution in [2.45, 2.75) is 57.1 Å². The Balaban J connectivity index is 2.08. The number of hydrogen-bond acceptors (Lipinski definition) is 5. The van der Waals surface area contributed by atoms with Crippen LogP contribution >= 0.6 is 11.6 Å². The molecule has 1 atom stereocenters. The van der Waals surface area contributed by atoms with Gasteiger partial charge in [0.2, 0.25) is 11.8 Å². The predicted octanol–water partition coefficient (Wildman–Crippen LogP) is 5.41. The minimum Gasteiger partial charge on any atom is -0.497 e. The molecule has 220 valence electrons. The Labute approximate surface area is 246 Å². The standard InChI is InChI=1S/C30H35ClFN3O5S/c1-6-27(29(37)33-30(2,3)4)34(19-21-12-15-23(40-5)16-13-21)28(36)20-35(22-14-17-26(32)25(31)18-22)41(38,39)24-10-8-7-9-11-24/h7-18,27H,6,19-20H2,1-5H3,(H,33,37). The van der Waals surface area contributed by atoms with Gasteiger partial charge in [0.05, 0.1) is 22.7 Å². The molecule has 0 aliphatic rings. The first kappa shape index (κ1) is 31.9. The Morgan fingerprint density at radius 1 is 1.02 bits per heavy atom. The number of rotatable bonds is 11. The van der Waals surface area contributed by atoms with Crippen molar-refractivity contribution in [1.82, 2.24) is 10.2 Å². The number of halogens is 2. The van der Waals surface area contributed by atoms with Crippen molar-refractivity contribution in [3.8, 4) is 5.75 Å². The van der Waals surface area contributed by atoms with Gasteiger partial charge in [0.25, 0.3) is 10.0 Å². The van der Waals surface area contributed by atoms with E-state index in [0.29, 0.717) is 11.3 Å². The van der Waals surface area contributed by atoms with Gasteiger partial charge in [0, 0.05) is 12.1 Å². The third-order valence-electron chi connectivity index (χ3n) is 6.20. The zero-order chi connectivity index (χ0) is 30.4. The maximum absolute atomic E-state index is 14.1. The SMILES string of the molecule is CCC(C(=O)NC(C)(C)C)N(Cc1ccc(OC)cc1)C(=O)CN(c1ccc(F)c(Cl)c1)S(=O)(=O)c1ccccc1. The molecule has 0 radical (unpaired) electrons. The van der Waals surface area contributed by atoms with Gasteiger partial charge in [-0.2, -0.15) is 0 Å². The second-order valence-corrected chi connectivity index (χ2v) is 12.7. The van der Waals surface area contributed by atoms with Crippen molar-refractivity contribution in [3.63, 3.8) is 0 Å². The van der Waals surface area contributed by atoms with Crippen molar-refractivity contribution in [2.75, 3.05) is 18.0 Å². The average molecular weight is 604 g/mol. The molecule has 1 unspecified atom stereocenters. The molecule has 0 aliphatic carbocycles. The highest BCUT2D eigenvalue weighted by Crippen LogP contribution is 2.28. The van der Waals surface area contributed by atoms with Crippen LogP contribution in [0, 0.1) is 5.82 Å². The highest BCUT2D eigenvalue weighted by atomic mass is 35.5. The molecule has 0 saturated heterocycles. The number of carbonyl (C=O) groups excluding carboxylic acids is 2. The normalized spacial score (nSPS) is 12.4. The van der Waals surface area contributed by atoms with Gasteiger partial charge in [-0.15, -0.1) is 0 Å². The molecule has 0 aliphatic heterocycles. The predicted molar refractivity (Wildman–Crippen MR) is 158 cm³/mol. The topological polar surface area (TPSA) is 96.0 Å². The highest BCUT2D eigenvalue weighted by molar-refractivity contribution is 7.92. The molecule has 0 fully saturated rings. The maximum atomic E-state index is 14.1. The fourth-order valence-corrected chi connectivity index (χ4v) is 5.79. The quantitative estimate of drug-likeness (QED) is 0.316. The van der Waals surface area contributed by atoms with Gasteiger partial charge < -0.3 is 15.0 Å². The number of anilines is 1. The van der Waals surface area contributed by atoms with Gasteiger partial charge in [-0.1, -0.05) is 48.9 Å². The van der Waals surface area contributed by atoms with Crippen molar-refractivity contribution >= 4 is 39.1 Å². The molecule has 3 rings (SSSR count). The monoisotopic (exact) mass is 603 g/mol. The molecule has 1 N–H and O–H groups in total. The Morgan fingerprint density at radius 2 is 1.66 bits per heavy atom. The number of methoxy groups -OCH3 is 1. The van der Waals surface area contributed by atoms with E-state index >= 15 is 0 Å². The van der Waals surface area contributed by atoms with E-state index in [2.05, 4.69) is 5.32 Å². The molecular formula is C30H35ClFN3O5S. The van der Waals surface area contributed by atoms with E-state index in [4.69, 9.17) is 16.3 Å². The molecular weight excluding hydrogens is 569 g/mol. The summed E-state index contributed by atoms with van der Waals surface area (Å²) < 4.78 is 47.7. The van der Waals surface area contributed by atoms with Crippen LogP contribution in [0.4, 0.5) is 10.1 Å². The minimum absolute atomic E-state index is 0.00481. The summed E-state index contributed by atoms with van der Waals surface area (Å²) in [6.45, 7) is 6.65. The number of benzene rings is 3. The summed E-state index contributed by atoms with van der Waals surface area (Å²) in [5.74, 6) is -1.11. The second-order valence-electron chi connectivity index (χ2n) is 10.5. The van der Waals surface area contributed by atoms with E-state index in [0.717, 1.165) is 16.4 Å². The first-order valence-electron chi connectivity index (χ1n) is 13.0. The van der Waals surface area contributed by atoms with Crippen LogP contribution in [0.25, 0.3) is 0 Å². The van der Waals surface area contributed by atoms with Crippen LogP contribution in [-0.4, -0.2) is 50.4 Å². The first-order chi connectivity index (χ1) is 19.3. The Kier molecular flexibility index (Phi) is 10.4.